The van der Waals surface area contributed by atoms with Crippen LogP contribution in [0.2, 0.25) is 0 Å². The summed E-state index contributed by atoms with van der Waals surface area (Å²) in [6, 6.07) is -0.238. The van der Waals surface area contributed by atoms with Crippen molar-refractivity contribution in [2.75, 3.05) is 46.1 Å². The Morgan fingerprint density at radius 2 is 1.55 bits per heavy atom. The van der Waals surface area contributed by atoms with Crippen molar-refractivity contribution >= 4 is 17.8 Å². The molecule has 7 N–H and O–H groups in total. The Bertz CT molecular complexity index is 1400. The first kappa shape index (κ1) is 44.1. The number of hydrogen-bond donors (Lipinski definition) is 6. The summed E-state index contributed by atoms with van der Waals surface area (Å²) in [5, 5.41) is 14.8. The maximum absolute atomic E-state index is 12.7. The van der Waals surface area contributed by atoms with E-state index >= 15 is 0 Å². The lowest BCUT2D eigenvalue weighted by atomic mass is 9.45. The summed E-state index contributed by atoms with van der Waals surface area (Å²) in [6.45, 7) is 12.4. The second kappa shape index (κ2) is 20.1. The lowest BCUT2D eigenvalue weighted by molar-refractivity contribution is -0.122. The lowest BCUT2D eigenvalue weighted by Crippen LogP contribution is -2.55. The summed E-state index contributed by atoms with van der Waals surface area (Å²) in [7, 11) is 0. The van der Waals surface area contributed by atoms with Gasteiger partial charge in [-0.1, -0.05) is 45.5 Å². The van der Waals surface area contributed by atoms with Gasteiger partial charge in [0.2, 0.25) is 11.8 Å². The number of nitrogens with one attached hydrogen (secondary N) is 5. The van der Waals surface area contributed by atoms with Crippen LogP contribution in [0.4, 0.5) is 4.79 Å². The molecule has 5 rings (SSSR count). The predicted octanol–water partition coefficient (Wildman–Crippen LogP) is 6.27. The van der Waals surface area contributed by atoms with Gasteiger partial charge in [0.1, 0.15) is 5.54 Å². The zero-order valence-corrected chi connectivity index (χ0v) is 35.3. The van der Waals surface area contributed by atoms with Crippen molar-refractivity contribution in [2.24, 2.45) is 46.2 Å². The average Bonchev–Trinajstić information content (AvgIpc) is 3.62. The van der Waals surface area contributed by atoms with Crippen molar-refractivity contribution in [1.29, 1.82) is 0 Å². The summed E-state index contributed by atoms with van der Waals surface area (Å²) in [5.41, 5.74) is 6.56. The Balaban J connectivity index is 0.820. The van der Waals surface area contributed by atoms with Crippen LogP contribution >= 0.6 is 0 Å². The van der Waals surface area contributed by atoms with Gasteiger partial charge in [0.25, 0.3) is 0 Å². The smallest absolute Gasteiger partial charge is 0.316 e. The Kier molecular flexibility index (Phi) is 15.9. The van der Waals surface area contributed by atoms with Crippen LogP contribution in [0.5, 0.6) is 0 Å². The lowest BCUT2D eigenvalue weighted by Gasteiger charge is -2.60. The summed E-state index contributed by atoms with van der Waals surface area (Å²) >= 11 is 0. The van der Waals surface area contributed by atoms with Gasteiger partial charge in [-0.05, 0) is 131 Å². The number of terminal acetylenes is 1. The molecule has 11 nitrogen and oxygen atoms in total. The van der Waals surface area contributed by atoms with Crippen LogP contribution in [-0.4, -0.2) is 75.0 Å². The minimum atomic E-state index is -0.710. The molecule has 316 valence electrons. The second-order valence-electron chi connectivity index (χ2n) is 19.0. The number of ether oxygens (including phenoxy) is 2. The van der Waals surface area contributed by atoms with E-state index in [4.69, 9.17) is 21.6 Å². The fourth-order valence-electron chi connectivity index (χ4n) is 12.0. The molecule has 4 unspecified atom stereocenters. The van der Waals surface area contributed by atoms with Crippen LogP contribution in [0.1, 0.15) is 143 Å². The van der Waals surface area contributed by atoms with Crippen molar-refractivity contribution in [3.8, 4) is 12.3 Å². The van der Waals surface area contributed by atoms with Crippen LogP contribution < -0.4 is 32.3 Å². The molecule has 1 heterocycles. The highest BCUT2D eigenvalue weighted by atomic mass is 16.5. The van der Waals surface area contributed by atoms with Crippen molar-refractivity contribution in [3.05, 3.63) is 11.9 Å². The molecule has 5 fully saturated rings. The molecule has 11 heteroatoms. The van der Waals surface area contributed by atoms with E-state index in [0.717, 1.165) is 55.3 Å². The highest BCUT2D eigenvalue weighted by molar-refractivity contribution is 5.80. The molecule has 0 spiro atoms. The van der Waals surface area contributed by atoms with E-state index in [0.29, 0.717) is 81.9 Å². The Labute approximate surface area is 338 Å². The normalized spacial score (nSPS) is 33.2. The summed E-state index contributed by atoms with van der Waals surface area (Å²) < 4.78 is 11.2. The number of carbonyl (C=O) groups is 3. The summed E-state index contributed by atoms with van der Waals surface area (Å²) in [5.74, 6) is 7.39. The van der Waals surface area contributed by atoms with Crippen molar-refractivity contribution in [2.45, 2.75) is 154 Å². The molecule has 0 aromatic heterocycles. The highest BCUT2D eigenvalue weighted by Crippen LogP contribution is 2.67. The average molecular weight is 781 g/mol. The predicted molar refractivity (Wildman–Crippen MR) is 222 cm³/mol. The monoisotopic (exact) mass is 781 g/mol. The van der Waals surface area contributed by atoms with Crippen LogP contribution in [0.25, 0.3) is 0 Å². The van der Waals surface area contributed by atoms with E-state index in [9.17, 15) is 14.4 Å². The Morgan fingerprint density at radius 1 is 0.821 bits per heavy atom. The number of carbonyl (C=O) groups excluding carboxylic acids is 3. The van der Waals surface area contributed by atoms with Gasteiger partial charge in [0.05, 0.1) is 38.5 Å². The minimum absolute atomic E-state index is 0.000431. The quantitative estimate of drug-likeness (QED) is 0.0559. The Morgan fingerprint density at radius 3 is 2.30 bits per heavy atom. The van der Waals surface area contributed by atoms with Crippen molar-refractivity contribution in [1.82, 2.24) is 26.6 Å². The largest absolute Gasteiger partial charge is 0.399 e. The molecular weight excluding hydrogens is 705 g/mol. The van der Waals surface area contributed by atoms with E-state index in [2.05, 4.69) is 46.4 Å². The molecule has 1 aliphatic heterocycles. The fourth-order valence-corrected chi connectivity index (χ4v) is 12.0. The number of urea groups is 1. The molecular formula is C45H76N6O5. The number of rotatable bonds is 22. The fraction of sp³-hybridized carbons (Fsp3) is 0.844. The molecule has 0 aromatic carbocycles. The van der Waals surface area contributed by atoms with Crippen molar-refractivity contribution in [3.63, 3.8) is 0 Å². The van der Waals surface area contributed by atoms with Crippen LogP contribution in [0, 0.1) is 52.8 Å². The molecule has 4 amide bonds. The zero-order valence-electron chi connectivity index (χ0n) is 35.3. The second-order valence-corrected chi connectivity index (χ2v) is 19.0. The molecule has 56 heavy (non-hydrogen) atoms. The molecule has 8 atom stereocenters. The van der Waals surface area contributed by atoms with E-state index in [1.807, 2.05) is 13.8 Å². The number of fused-ring (bicyclic) bond motifs is 5. The van der Waals surface area contributed by atoms with Gasteiger partial charge in [0.15, 0.2) is 0 Å². The standard InChI is InChI=1S/C45H76N6O5/c1-6-45(42(2,3)50-41(54)51-45)23-10-7-8-15-39(52)48-26-28-56-30-29-55-27-25-47-31-35(46)32-49-40(53)16-12-14-34-18-20-37-36-19-17-33-13-9-11-22-43(33,4)38(36)21-24-44(34,37)5/h1,31,33-34,36-38,47H,7-30,32,46H2,2-5H3,(H,48,52)(H,49,53)(H2,50,51,54)/b35-31-/t33?,34-,36?,37?,38?,43-,44+,45+/m0/s1. The van der Waals surface area contributed by atoms with Gasteiger partial charge in [-0.2, -0.15) is 0 Å². The highest BCUT2D eigenvalue weighted by Gasteiger charge is 2.59. The van der Waals surface area contributed by atoms with Crippen molar-refractivity contribution < 1.29 is 23.9 Å². The molecule has 4 aliphatic carbocycles. The van der Waals surface area contributed by atoms with Crippen LogP contribution in [-0.2, 0) is 19.1 Å². The van der Waals surface area contributed by atoms with Gasteiger partial charge in [0, 0.05) is 37.8 Å². The van der Waals surface area contributed by atoms with Gasteiger partial charge in [-0.3, -0.25) is 9.59 Å². The zero-order chi connectivity index (χ0) is 40.2. The van der Waals surface area contributed by atoms with Gasteiger partial charge >= 0.3 is 6.03 Å². The van der Waals surface area contributed by atoms with Gasteiger partial charge in [-0.15, -0.1) is 6.42 Å². The maximum Gasteiger partial charge on any atom is 0.316 e. The topological polar surface area (TPSA) is 156 Å². The third-order valence-corrected chi connectivity index (χ3v) is 15.4. The first-order valence-electron chi connectivity index (χ1n) is 22.3. The number of nitrogens with two attached hydrogens (primary N) is 1. The van der Waals surface area contributed by atoms with E-state index in [1.165, 1.54) is 70.6 Å². The van der Waals surface area contributed by atoms with E-state index in [-0.39, 0.29) is 17.8 Å². The third kappa shape index (κ3) is 10.7. The molecule has 0 aromatic rings. The number of hydrogen-bond acceptors (Lipinski definition) is 7. The van der Waals surface area contributed by atoms with Crippen LogP contribution in [0.15, 0.2) is 11.9 Å². The Hall–Kier alpha value is -2.97. The molecule has 0 radical (unpaired) electrons. The van der Waals surface area contributed by atoms with Crippen LogP contribution in [0.3, 0.4) is 0 Å². The first-order valence-corrected chi connectivity index (χ1v) is 22.3. The number of amides is 4. The molecule has 4 saturated carbocycles. The SMILES string of the molecule is C#C[C@]1(CCCCCC(=O)NCCOCCOCCN/C=C(\N)CNC(=O)CCC[C@H]2CCC3C4CCC5CCCC[C@]5(C)C4CC[C@@]32C)NC(=O)NC1(C)C. The van der Waals surface area contributed by atoms with E-state index in [1.54, 1.807) is 6.20 Å². The first-order chi connectivity index (χ1) is 26.8. The van der Waals surface area contributed by atoms with Gasteiger partial charge < -0.3 is 41.8 Å². The van der Waals surface area contributed by atoms with E-state index < -0.39 is 11.1 Å². The third-order valence-electron chi connectivity index (χ3n) is 15.4. The summed E-state index contributed by atoms with van der Waals surface area (Å²) in [6.07, 6.45) is 28.1. The summed E-state index contributed by atoms with van der Waals surface area (Å²) in [4.78, 5) is 36.6. The van der Waals surface area contributed by atoms with Gasteiger partial charge in [-0.25, -0.2) is 4.79 Å². The molecule has 1 saturated heterocycles. The minimum Gasteiger partial charge on any atom is -0.399 e. The molecule has 0 bridgehead atoms. The molecule has 5 aliphatic rings. The number of unbranched alkanes of at least 4 members (excludes halogenated alkanes) is 2. The maximum atomic E-state index is 12.7.